The van der Waals surface area contributed by atoms with Gasteiger partial charge in [0, 0.05) is 16.8 Å². The van der Waals surface area contributed by atoms with Crippen LogP contribution in [0, 0.1) is 0 Å². The van der Waals surface area contributed by atoms with Gasteiger partial charge in [0.25, 0.3) is 5.91 Å². The lowest BCUT2D eigenvalue weighted by Gasteiger charge is -2.13. The summed E-state index contributed by atoms with van der Waals surface area (Å²) in [6.45, 7) is 3.44. The Balaban J connectivity index is 1.88. The smallest absolute Gasteiger partial charge is 0.331 e. The second-order valence-corrected chi connectivity index (χ2v) is 6.51. The van der Waals surface area contributed by atoms with E-state index >= 15 is 0 Å². The lowest BCUT2D eigenvalue weighted by Crippen LogP contribution is -2.20. The maximum absolute atomic E-state index is 11.8. The second-order valence-electron chi connectivity index (χ2n) is 6.08. The molecule has 0 aromatic heterocycles. The molecule has 148 valence electrons. The number of rotatable bonds is 8. The van der Waals surface area contributed by atoms with E-state index in [1.807, 2.05) is 13.8 Å². The van der Waals surface area contributed by atoms with Crippen LogP contribution in [0.1, 0.15) is 19.4 Å². The number of amides is 1. The third-order valence-electron chi connectivity index (χ3n) is 3.42. The van der Waals surface area contributed by atoms with E-state index in [1.165, 1.54) is 6.08 Å². The molecule has 1 N–H and O–H groups in total. The van der Waals surface area contributed by atoms with E-state index in [2.05, 4.69) is 5.32 Å². The summed E-state index contributed by atoms with van der Waals surface area (Å²) in [6, 6.07) is 12.0. The highest BCUT2D eigenvalue weighted by Gasteiger charge is 2.08. The van der Waals surface area contributed by atoms with Crippen LogP contribution in [0.4, 0.5) is 5.69 Å². The number of ether oxygens (including phenoxy) is 3. The summed E-state index contributed by atoms with van der Waals surface area (Å²) in [6.07, 6.45) is 2.83. The van der Waals surface area contributed by atoms with Crippen molar-refractivity contribution in [1.82, 2.24) is 0 Å². The van der Waals surface area contributed by atoms with Crippen molar-refractivity contribution in [3.05, 3.63) is 59.1 Å². The molecule has 7 heteroatoms. The molecule has 2 aromatic carbocycles. The first-order valence-corrected chi connectivity index (χ1v) is 9.00. The fourth-order valence-corrected chi connectivity index (χ4v) is 2.44. The van der Waals surface area contributed by atoms with Crippen molar-refractivity contribution < 1.29 is 23.8 Å². The number of carbonyl (C=O) groups is 2. The van der Waals surface area contributed by atoms with Crippen LogP contribution in [0.2, 0.25) is 5.02 Å². The van der Waals surface area contributed by atoms with Crippen LogP contribution < -0.4 is 14.8 Å². The van der Waals surface area contributed by atoms with Gasteiger partial charge >= 0.3 is 5.97 Å². The van der Waals surface area contributed by atoms with Gasteiger partial charge in [-0.25, -0.2) is 4.79 Å². The van der Waals surface area contributed by atoms with Gasteiger partial charge in [0.15, 0.2) is 18.1 Å². The number of anilines is 1. The number of nitrogens with one attached hydrogen (secondary N) is 1. The third-order valence-corrected chi connectivity index (χ3v) is 3.65. The summed E-state index contributed by atoms with van der Waals surface area (Å²) in [7, 11) is 1.54. The van der Waals surface area contributed by atoms with E-state index in [1.54, 1.807) is 55.7 Å². The number of esters is 1. The first-order valence-electron chi connectivity index (χ1n) is 8.62. The second kappa shape index (κ2) is 10.4. The standard InChI is InChI=1S/C21H22ClNO5/c1-14(2)28-18-9-7-15(11-19(18)26-3)8-10-21(25)27-13-20(24)23-17-6-4-5-16(22)12-17/h4-12,14H,13H2,1-3H3,(H,23,24)/b10-8+. The minimum absolute atomic E-state index is 0.0170. The molecule has 0 heterocycles. The molecular weight excluding hydrogens is 382 g/mol. The van der Waals surface area contributed by atoms with Gasteiger partial charge in [0.1, 0.15) is 0 Å². The lowest BCUT2D eigenvalue weighted by molar-refractivity contribution is -0.142. The molecule has 0 aliphatic heterocycles. The molecule has 0 aliphatic carbocycles. The van der Waals surface area contributed by atoms with E-state index in [-0.39, 0.29) is 6.10 Å². The van der Waals surface area contributed by atoms with E-state index in [9.17, 15) is 9.59 Å². The quantitative estimate of drug-likeness (QED) is 0.524. The zero-order chi connectivity index (χ0) is 20.5. The van der Waals surface area contributed by atoms with E-state index in [4.69, 9.17) is 25.8 Å². The lowest BCUT2D eigenvalue weighted by atomic mass is 10.2. The summed E-state index contributed by atoms with van der Waals surface area (Å²) in [5, 5.41) is 3.09. The SMILES string of the molecule is COc1cc(/C=C/C(=O)OCC(=O)Nc2cccc(Cl)c2)ccc1OC(C)C. The zero-order valence-electron chi connectivity index (χ0n) is 15.9. The number of benzene rings is 2. The Kier molecular flexibility index (Phi) is 7.89. The molecule has 2 rings (SSSR count). The van der Waals surface area contributed by atoms with Gasteiger partial charge in [-0.1, -0.05) is 23.7 Å². The number of methoxy groups -OCH3 is 1. The summed E-state index contributed by atoms with van der Waals surface area (Å²) in [5.74, 6) is 0.0867. The highest BCUT2D eigenvalue weighted by molar-refractivity contribution is 6.30. The molecule has 0 aliphatic rings. The van der Waals surface area contributed by atoms with Gasteiger partial charge in [0.05, 0.1) is 13.2 Å². The van der Waals surface area contributed by atoms with Gasteiger partial charge in [0.2, 0.25) is 0 Å². The Morgan fingerprint density at radius 2 is 1.93 bits per heavy atom. The molecule has 0 saturated heterocycles. The Hall–Kier alpha value is -2.99. The fraction of sp³-hybridized carbons (Fsp3) is 0.238. The Morgan fingerprint density at radius 1 is 1.14 bits per heavy atom. The van der Waals surface area contributed by atoms with Crippen molar-refractivity contribution in [3.8, 4) is 11.5 Å². The van der Waals surface area contributed by atoms with Gasteiger partial charge in [-0.3, -0.25) is 4.79 Å². The zero-order valence-corrected chi connectivity index (χ0v) is 16.7. The summed E-state index contributed by atoms with van der Waals surface area (Å²) < 4.78 is 15.9. The topological polar surface area (TPSA) is 73.9 Å². The van der Waals surface area contributed by atoms with Gasteiger partial charge < -0.3 is 19.5 Å². The molecule has 0 atom stereocenters. The summed E-state index contributed by atoms with van der Waals surface area (Å²) in [4.78, 5) is 23.7. The van der Waals surface area contributed by atoms with Crippen molar-refractivity contribution in [2.75, 3.05) is 19.0 Å². The van der Waals surface area contributed by atoms with Crippen LogP contribution in [-0.4, -0.2) is 31.7 Å². The van der Waals surface area contributed by atoms with Crippen molar-refractivity contribution in [1.29, 1.82) is 0 Å². The monoisotopic (exact) mass is 403 g/mol. The minimum Gasteiger partial charge on any atom is -0.493 e. The van der Waals surface area contributed by atoms with Crippen molar-refractivity contribution in [2.45, 2.75) is 20.0 Å². The van der Waals surface area contributed by atoms with Crippen LogP contribution in [0.15, 0.2) is 48.5 Å². The van der Waals surface area contributed by atoms with Gasteiger partial charge in [-0.2, -0.15) is 0 Å². The average Bonchev–Trinajstić information content (AvgIpc) is 2.65. The maximum Gasteiger partial charge on any atom is 0.331 e. The maximum atomic E-state index is 11.8. The van der Waals surface area contributed by atoms with Crippen LogP contribution >= 0.6 is 11.6 Å². The van der Waals surface area contributed by atoms with Gasteiger partial charge in [-0.05, 0) is 55.8 Å². The minimum atomic E-state index is -0.636. The summed E-state index contributed by atoms with van der Waals surface area (Å²) >= 11 is 5.85. The molecular formula is C21H22ClNO5. The van der Waals surface area contributed by atoms with E-state index < -0.39 is 18.5 Å². The average molecular weight is 404 g/mol. The number of carbonyl (C=O) groups excluding carboxylic acids is 2. The molecule has 0 bridgehead atoms. The van der Waals surface area contributed by atoms with Crippen LogP contribution in [0.5, 0.6) is 11.5 Å². The molecule has 0 saturated carbocycles. The normalized spacial score (nSPS) is 10.8. The van der Waals surface area contributed by atoms with Crippen LogP contribution in [0.25, 0.3) is 6.08 Å². The Morgan fingerprint density at radius 3 is 2.61 bits per heavy atom. The predicted octanol–water partition coefficient (Wildman–Crippen LogP) is 4.33. The molecule has 0 unspecified atom stereocenters. The molecule has 2 aromatic rings. The van der Waals surface area contributed by atoms with E-state index in [0.29, 0.717) is 22.2 Å². The van der Waals surface area contributed by atoms with E-state index in [0.717, 1.165) is 5.56 Å². The Labute approximate surface area is 169 Å². The fourth-order valence-electron chi connectivity index (χ4n) is 2.25. The van der Waals surface area contributed by atoms with Crippen molar-refractivity contribution in [2.24, 2.45) is 0 Å². The molecule has 0 radical (unpaired) electrons. The first kappa shape index (κ1) is 21.3. The van der Waals surface area contributed by atoms with Gasteiger partial charge in [-0.15, -0.1) is 0 Å². The van der Waals surface area contributed by atoms with Crippen molar-refractivity contribution in [3.63, 3.8) is 0 Å². The van der Waals surface area contributed by atoms with Crippen LogP contribution in [0.3, 0.4) is 0 Å². The summed E-state index contributed by atoms with van der Waals surface area (Å²) in [5.41, 5.74) is 1.26. The number of hydrogen-bond donors (Lipinski definition) is 1. The predicted molar refractivity (Wildman–Crippen MR) is 109 cm³/mol. The third kappa shape index (κ3) is 6.96. The molecule has 0 fully saturated rings. The number of hydrogen-bond acceptors (Lipinski definition) is 5. The molecule has 0 spiro atoms. The first-order chi connectivity index (χ1) is 13.4. The molecule has 1 amide bonds. The Bertz CT molecular complexity index is 864. The molecule has 28 heavy (non-hydrogen) atoms. The number of halogens is 1. The highest BCUT2D eigenvalue weighted by atomic mass is 35.5. The molecule has 6 nitrogen and oxygen atoms in total. The van der Waals surface area contributed by atoms with Crippen molar-refractivity contribution >= 4 is 35.2 Å². The van der Waals surface area contributed by atoms with Crippen LogP contribution in [-0.2, 0) is 14.3 Å². The largest absolute Gasteiger partial charge is 0.493 e. The highest BCUT2D eigenvalue weighted by Crippen LogP contribution is 2.29.